The molecule has 1 fully saturated rings. The first-order valence-corrected chi connectivity index (χ1v) is 9.31. The van der Waals surface area contributed by atoms with E-state index >= 15 is 0 Å². The predicted octanol–water partition coefficient (Wildman–Crippen LogP) is 2.10. The quantitative estimate of drug-likeness (QED) is 0.845. The van der Waals surface area contributed by atoms with Gasteiger partial charge in [-0.3, -0.25) is 14.5 Å². The van der Waals surface area contributed by atoms with Crippen molar-refractivity contribution in [3.63, 3.8) is 0 Å². The second kappa shape index (κ2) is 8.54. The predicted molar refractivity (Wildman–Crippen MR) is 101 cm³/mol. The summed E-state index contributed by atoms with van der Waals surface area (Å²) in [6.45, 7) is 6.38. The van der Waals surface area contributed by atoms with Gasteiger partial charge in [-0.05, 0) is 25.5 Å². The molecule has 0 saturated carbocycles. The minimum Gasteiger partial charge on any atom is -0.351 e. The van der Waals surface area contributed by atoms with Gasteiger partial charge in [-0.1, -0.05) is 35.0 Å². The summed E-state index contributed by atoms with van der Waals surface area (Å²) in [7, 11) is 0. The van der Waals surface area contributed by atoms with Gasteiger partial charge in [-0.2, -0.15) is 0 Å². The van der Waals surface area contributed by atoms with E-state index in [-0.39, 0.29) is 23.6 Å². The van der Waals surface area contributed by atoms with Crippen molar-refractivity contribution >= 4 is 23.4 Å². The maximum atomic E-state index is 12.5. The zero-order valence-corrected chi connectivity index (χ0v) is 16.2. The summed E-state index contributed by atoms with van der Waals surface area (Å²) < 4.78 is 5.05. The molecule has 2 heterocycles. The SMILES string of the molecule is Cc1cc(C(=O)N2CCN(C(C)C(=O)NCc3ccccc3Cl)CC2)on1. The highest BCUT2D eigenvalue weighted by Gasteiger charge is 2.29. The summed E-state index contributed by atoms with van der Waals surface area (Å²) in [6.07, 6.45) is 0. The van der Waals surface area contributed by atoms with Gasteiger partial charge in [0.1, 0.15) is 0 Å². The van der Waals surface area contributed by atoms with Crippen LogP contribution in [0.15, 0.2) is 34.9 Å². The summed E-state index contributed by atoms with van der Waals surface area (Å²) in [5, 5.41) is 7.32. The molecule has 3 rings (SSSR count). The molecule has 2 aromatic rings. The zero-order valence-electron chi connectivity index (χ0n) is 15.4. The molecule has 1 aromatic carbocycles. The Balaban J connectivity index is 1.49. The average Bonchev–Trinajstić information content (AvgIpc) is 3.12. The maximum Gasteiger partial charge on any atom is 0.292 e. The van der Waals surface area contributed by atoms with Gasteiger partial charge in [-0.25, -0.2) is 0 Å². The van der Waals surface area contributed by atoms with Crippen molar-refractivity contribution < 1.29 is 14.1 Å². The highest BCUT2D eigenvalue weighted by molar-refractivity contribution is 6.31. The summed E-state index contributed by atoms with van der Waals surface area (Å²) in [4.78, 5) is 28.7. The van der Waals surface area contributed by atoms with E-state index in [1.54, 1.807) is 24.0 Å². The molecule has 7 nitrogen and oxygen atoms in total. The lowest BCUT2D eigenvalue weighted by Crippen LogP contribution is -2.54. The minimum absolute atomic E-state index is 0.0550. The molecule has 0 aliphatic carbocycles. The molecule has 8 heteroatoms. The zero-order chi connectivity index (χ0) is 19.4. The number of carbonyl (C=O) groups is 2. The number of amides is 2. The Morgan fingerprint density at radius 1 is 1.26 bits per heavy atom. The second-order valence-electron chi connectivity index (χ2n) is 6.65. The maximum absolute atomic E-state index is 12.5. The Morgan fingerprint density at radius 2 is 1.96 bits per heavy atom. The Bertz CT molecular complexity index is 815. The van der Waals surface area contributed by atoms with Crippen molar-refractivity contribution in [3.8, 4) is 0 Å². The fourth-order valence-corrected chi connectivity index (χ4v) is 3.27. The van der Waals surface area contributed by atoms with E-state index in [1.165, 1.54) is 0 Å². The lowest BCUT2D eigenvalue weighted by atomic mass is 10.2. The Morgan fingerprint density at radius 3 is 2.59 bits per heavy atom. The van der Waals surface area contributed by atoms with E-state index in [0.717, 1.165) is 5.56 Å². The highest BCUT2D eigenvalue weighted by atomic mass is 35.5. The molecular weight excluding hydrogens is 368 g/mol. The van der Waals surface area contributed by atoms with Gasteiger partial charge >= 0.3 is 0 Å². The number of hydrogen-bond acceptors (Lipinski definition) is 5. The van der Waals surface area contributed by atoms with Crippen molar-refractivity contribution in [2.45, 2.75) is 26.4 Å². The van der Waals surface area contributed by atoms with Crippen molar-refractivity contribution in [3.05, 3.63) is 52.4 Å². The molecule has 1 aromatic heterocycles. The highest BCUT2D eigenvalue weighted by Crippen LogP contribution is 2.15. The smallest absolute Gasteiger partial charge is 0.292 e. The molecule has 1 unspecified atom stereocenters. The van der Waals surface area contributed by atoms with Crippen LogP contribution >= 0.6 is 11.6 Å². The van der Waals surface area contributed by atoms with Crippen LogP contribution in [0.25, 0.3) is 0 Å². The molecule has 1 aliphatic heterocycles. The van der Waals surface area contributed by atoms with Gasteiger partial charge in [0.15, 0.2) is 0 Å². The van der Waals surface area contributed by atoms with Crippen LogP contribution in [0.2, 0.25) is 5.02 Å². The summed E-state index contributed by atoms with van der Waals surface area (Å²) in [6, 6.07) is 8.80. The Kier molecular flexibility index (Phi) is 6.13. The van der Waals surface area contributed by atoms with E-state index < -0.39 is 0 Å². The fourth-order valence-electron chi connectivity index (χ4n) is 3.07. The number of nitrogens with zero attached hydrogens (tertiary/aromatic N) is 3. The Hall–Kier alpha value is -2.38. The van der Waals surface area contributed by atoms with Crippen LogP contribution in [0.4, 0.5) is 0 Å². The first-order valence-electron chi connectivity index (χ1n) is 8.93. The lowest BCUT2D eigenvalue weighted by Gasteiger charge is -2.37. The molecule has 0 radical (unpaired) electrons. The van der Waals surface area contributed by atoms with Crippen LogP contribution in [-0.4, -0.2) is 59.0 Å². The van der Waals surface area contributed by atoms with Crippen molar-refractivity contribution in [1.29, 1.82) is 0 Å². The molecular formula is C19H23ClN4O3. The summed E-state index contributed by atoms with van der Waals surface area (Å²) >= 11 is 6.12. The van der Waals surface area contributed by atoms with Gasteiger partial charge < -0.3 is 14.7 Å². The number of rotatable bonds is 5. The number of hydrogen-bond donors (Lipinski definition) is 1. The van der Waals surface area contributed by atoms with Crippen LogP contribution in [-0.2, 0) is 11.3 Å². The number of piperazine rings is 1. The van der Waals surface area contributed by atoms with Crippen LogP contribution in [0, 0.1) is 6.92 Å². The van der Waals surface area contributed by atoms with Gasteiger partial charge in [0.25, 0.3) is 5.91 Å². The fraction of sp³-hybridized carbons (Fsp3) is 0.421. The molecule has 1 N–H and O–H groups in total. The average molecular weight is 391 g/mol. The first-order chi connectivity index (χ1) is 13.0. The normalized spacial score (nSPS) is 16.2. The molecule has 0 spiro atoms. The van der Waals surface area contributed by atoms with Gasteiger partial charge in [0.2, 0.25) is 11.7 Å². The van der Waals surface area contributed by atoms with E-state index in [0.29, 0.717) is 43.4 Å². The summed E-state index contributed by atoms with van der Waals surface area (Å²) in [5.41, 5.74) is 1.57. The van der Waals surface area contributed by atoms with Gasteiger partial charge in [0.05, 0.1) is 11.7 Å². The molecule has 144 valence electrons. The van der Waals surface area contributed by atoms with Crippen LogP contribution in [0.3, 0.4) is 0 Å². The van der Waals surface area contributed by atoms with Crippen molar-refractivity contribution in [2.75, 3.05) is 26.2 Å². The van der Waals surface area contributed by atoms with E-state index in [9.17, 15) is 9.59 Å². The summed E-state index contributed by atoms with van der Waals surface area (Å²) in [5.74, 6) is 0.0399. The number of nitrogens with one attached hydrogen (secondary N) is 1. The standard InChI is InChI=1S/C19H23ClN4O3/c1-13-11-17(27-22-13)19(26)24-9-7-23(8-10-24)14(2)18(25)21-12-15-5-3-4-6-16(15)20/h3-6,11,14H,7-10,12H2,1-2H3,(H,21,25). The minimum atomic E-state index is -0.280. The largest absolute Gasteiger partial charge is 0.351 e. The Labute approximate surface area is 163 Å². The van der Waals surface area contributed by atoms with Crippen LogP contribution in [0.5, 0.6) is 0 Å². The number of carbonyl (C=O) groups excluding carboxylic acids is 2. The van der Waals surface area contributed by atoms with Gasteiger partial charge in [-0.15, -0.1) is 0 Å². The number of benzene rings is 1. The lowest BCUT2D eigenvalue weighted by molar-refractivity contribution is -0.126. The molecule has 0 bridgehead atoms. The topological polar surface area (TPSA) is 78.7 Å². The van der Waals surface area contributed by atoms with Crippen LogP contribution < -0.4 is 5.32 Å². The first kappa shape index (κ1) is 19.4. The van der Waals surface area contributed by atoms with Crippen LogP contribution in [0.1, 0.15) is 28.7 Å². The third kappa shape index (κ3) is 4.67. The van der Waals surface area contributed by atoms with Crippen molar-refractivity contribution in [2.24, 2.45) is 0 Å². The number of aryl methyl sites for hydroxylation is 1. The second-order valence-corrected chi connectivity index (χ2v) is 7.05. The van der Waals surface area contributed by atoms with E-state index in [2.05, 4.69) is 15.4 Å². The molecule has 1 aliphatic rings. The number of halogens is 1. The molecule has 1 atom stereocenters. The van der Waals surface area contributed by atoms with Crippen molar-refractivity contribution in [1.82, 2.24) is 20.3 Å². The monoisotopic (exact) mass is 390 g/mol. The number of aromatic nitrogens is 1. The van der Waals surface area contributed by atoms with E-state index in [1.807, 2.05) is 25.1 Å². The third-order valence-electron chi connectivity index (χ3n) is 4.78. The van der Waals surface area contributed by atoms with E-state index in [4.69, 9.17) is 16.1 Å². The van der Waals surface area contributed by atoms with Gasteiger partial charge in [0, 0.05) is 43.8 Å². The molecule has 27 heavy (non-hydrogen) atoms. The molecule has 1 saturated heterocycles. The molecule has 2 amide bonds. The third-order valence-corrected chi connectivity index (χ3v) is 5.15.